The quantitative estimate of drug-likeness (QED) is 0.601. The number of hydrogen-bond donors (Lipinski definition) is 2. The van der Waals surface area contributed by atoms with Crippen molar-refractivity contribution in [1.29, 1.82) is 0 Å². The third-order valence-corrected chi connectivity index (χ3v) is 2.90. The van der Waals surface area contributed by atoms with Gasteiger partial charge in [-0.2, -0.15) is 0 Å². The number of nitrogens with zero attached hydrogens (tertiary/aromatic N) is 2. The molecule has 0 aliphatic carbocycles. The number of pyridine rings is 1. The SMILES string of the molecule is CCNc1ccc([N+](=O)[O-])c(NC(C)Cc2ccco2)n1. The van der Waals surface area contributed by atoms with Gasteiger partial charge in [-0.1, -0.05) is 0 Å². The summed E-state index contributed by atoms with van der Waals surface area (Å²) in [6.07, 6.45) is 2.23. The minimum atomic E-state index is -0.440. The number of furan rings is 1. The van der Waals surface area contributed by atoms with Crippen molar-refractivity contribution in [3.05, 3.63) is 46.4 Å². The van der Waals surface area contributed by atoms with Crippen molar-refractivity contribution in [3.63, 3.8) is 0 Å². The molecule has 0 bridgehead atoms. The lowest BCUT2D eigenvalue weighted by molar-refractivity contribution is -0.384. The first kappa shape index (κ1) is 14.8. The average Bonchev–Trinajstić information content (AvgIpc) is 2.91. The van der Waals surface area contributed by atoms with Gasteiger partial charge in [-0.05, 0) is 32.0 Å². The largest absolute Gasteiger partial charge is 0.469 e. The Labute approximate surface area is 122 Å². The van der Waals surface area contributed by atoms with E-state index in [0.29, 0.717) is 18.8 Å². The van der Waals surface area contributed by atoms with Crippen LogP contribution in [0.25, 0.3) is 0 Å². The molecule has 0 aliphatic rings. The highest BCUT2D eigenvalue weighted by Gasteiger charge is 2.18. The van der Waals surface area contributed by atoms with Crippen molar-refractivity contribution in [3.8, 4) is 0 Å². The molecule has 2 N–H and O–H groups in total. The van der Waals surface area contributed by atoms with Gasteiger partial charge in [-0.3, -0.25) is 10.1 Å². The average molecular weight is 290 g/mol. The summed E-state index contributed by atoms with van der Waals surface area (Å²) in [4.78, 5) is 14.9. The molecule has 0 aromatic carbocycles. The van der Waals surface area contributed by atoms with E-state index in [9.17, 15) is 10.1 Å². The summed E-state index contributed by atoms with van der Waals surface area (Å²) in [5.74, 6) is 1.69. The van der Waals surface area contributed by atoms with Crippen LogP contribution in [0.3, 0.4) is 0 Å². The molecular weight excluding hydrogens is 272 g/mol. The maximum atomic E-state index is 11.1. The number of rotatable bonds is 7. The lowest BCUT2D eigenvalue weighted by Crippen LogP contribution is -2.20. The number of hydrogen-bond acceptors (Lipinski definition) is 6. The van der Waals surface area contributed by atoms with Gasteiger partial charge in [0.15, 0.2) is 0 Å². The zero-order chi connectivity index (χ0) is 15.2. The van der Waals surface area contributed by atoms with Crippen molar-refractivity contribution in [1.82, 2.24) is 4.98 Å². The summed E-state index contributed by atoms with van der Waals surface area (Å²) in [6.45, 7) is 4.57. The van der Waals surface area contributed by atoms with Crippen LogP contribution in [0.15, 0.2) is 34.9 Å². The van der Waals surface area contributed by atoms with E-state index in [0.717, 1.165) is 5.76 Å². The van der Waals surface area contributed by atoms with Crippen molar-refractivity contribution >= 4 is 17.3 Å². The Bertz CT molecular complexity index is 598. The number of aromatic nitrogens is 1. The highest BCUT2D eigenvalue weighted by Crippen LogP contribution is 2.25. The van der Waals surface area contributed by atoms with Crippen LogP contribution >= 0.6 is 0 Å². The Balaban J connectivity index is 2.15. The smallest absolute Gasteiger partial charge is 0.311 e. The highest BCUT2D eigenvalue weighted by atomic mass is 16.6. The molecule has 0 aliphatic heterocycles. The lowest BCUT2D eigenvalue weighted by Gasteiger charge is -2.14. The van der Waals surface area contributed by atoms with E-state index in [4.69, 9.17) is 4.42 Å². The van der Waals surface area contributed by atoms with Crippen molar-refractivity contribution in [2.45, 2.75) is 26.3 Å². The van der Waals surface area contributed by atoms with Gasteiger partial charge < -0.3 is 15.1 Å². The molecule has 0 saturated carbocycles. The normalized spacial score (nSPS) is 11.9. The molecule has 0 radical (unpaired) electrons. The molecule has 7 heteroatoms. The molecule has 1 atom stereocenters. The van der Waals surface area contributed by atoms with Crippen molar-refractivity contribution in [2.75, 3.05) is 17.2 Å². The Hall–Kier alpha value is -2.57. The molecular formula is C14H18N4O3. The summed E-state index contributed by atoms with van der Waals surface area (Å²) in [7, 11) is 0. The van der Waals surface area contributed by atoms with Gasteiger partial charge >= 0.3 is 5.69 Å². The minimum Gasteiger partial charge on any atom is -0.469 e. The predicted octanol–water partition coefficient (Wildman–Crippen LogP) is 3.06. The molecule has 2 rings (SSSR count). The first-order valence-corrected chi connectivity index (χ1v) is 6.78. The molecule has 0 saturated heterocycles. The molecule has 0 fully saturated rings. The van der Waals surface area contributed by atoms with Crippen LogP contribution in [0.2, 0.25) is 0 Å². The van der Waals surface area contributed by atoms with Crippen LogP contribution in [0.4, 0.5) is 17.3 Å². The topological polar surface area (TPSA) is 93.2 Å². The summed E-state index contributed by atoms with van der Waals surface area (Å²) >= 11 is 0. The number of anilines is 2. The van der Waals surface area contributed by atoms with Gasteiger partial charge in [0.25, 0.3) is 0 Å². The number of nitrogens with one attached hydrogen (secondary N) is 2. The van der Waals surface area contributed by atoms with E-state index < -0.39 is 4.92 Å². The maximum absolute atomic E-state index is 11.1. The molecule has 21 heavy (non-hydrogen) atoms. The van der Waals surface area contributed by atoms with E-state index >= 15 is 0 Å². The van der Waals surface area contributed by atoms with E-state index in [1.165, 1.54) is 6.07 Å². The predicted molar refractivity (Wildman–Crippen MR) is 80.6 cm³/mol. The first-order valence-electron chi connectivity index (χ1n) is 6.78. The minimum absolute atomic E-state index is 0.0389. The van der Waals surface area contributed by atoms with Gasteiger partial charge in [0.2, 0.25) is 5.82 Å². The first-order chi connectivity index (χ1) is 10.1. The van der Waals surface area contributed by atoms with Gasteiger partial charge in [0.1, 0.15) is 11.6 Å². The van der Waals surface area contributed by atoms with Crippen LogP contribution in [-0.2, 0) is 6.42 Å². The van der Waals surface area contributed by atoms with Crippen LogP contribution in [0.1, 0.15) is 19.6 Å². The molecule has 2 heterocycles. The number of nitro groups is 1. The lowest BCUT2D eigenvalue weighted by atomic mass is 10.2. The monoisotopic (exact) mass is 290 g/mol. The second-order valence-electron chi connectivity index (χ2n) is 4.68. The second-order valence-corrected chi connectivity index (χ2v) is 4.68. The van der Waals surface area contributed by atoms with Gasteiger partial charge in [0, 0.05) is 25.1 Å². The maximum Gasteiger partial charge on any atom is 0.311 e. The van der Waals surface area contributed by atoms with E-state index in [1.54, 1.807) is 12.3 Å². The third-order valence-electron chi connectivity index (χ3n) is 2.90. The van der Waals surface area contributed by atoms with Gasteiger partial charge in [-0.15, -0.1) is 0 Å². The standard InChI is InChI=1S/C14H18N4O3/c1-3-15-13-7-6-12(18(19)20)14(17-13)16-10(2)9-11-5-4-8-21-11/h4-8,10H,3,9H2,1-2H3,(H2,15,16,17). The van der Waals surface area contributed by atoms with Crippen LogP contribution in [0, 0.1) is 10.1 Å². The zero-order valence-electron chi connectivity index (χ0n) is 12.0. The third kappa shape index (κ3) is 3.95. The Morgan fingerprint density at radius 1 is 1.43 bits per heavy atom. The molecule has 0 amide bonds. The molecule has 1 unspecified atom stereocenters. The van der Waals surface area contributed by atoms with E-state index in [-0.39, 0.29) is 17.5 Å². The Kier molecular flexibility index (Phi) is 4.76. The zero-order valence-corrected chi connectivity index (χ0v) is 12.0. The fraction of sp³-hybridized carbons (Fsp3) is 0.357. The Morgan fingerprint density at radius 2 is 2.24 bits per heavy atom. The van der Waals surface area contributed by atoms with Gasteiger partial charge in [-0.25, -0.2) is 4.98 Å². The van der Waals surface area contributed by atoms with E-state index in [2.05, 4.69) is 15.6 Å². The highest BCUT2D eigenvalue weighted by molar-refractivity contribution is 5.60. The molecule has 7 nitrogen and oxygen atoms in total. The molecule has 2 aromatic heterocycles. The van der Waals surface area contributed by atoms with E-state index in [1.807, 2.05) is 26.0 Å². The molecule has 0 spiro atoms. The summed E-state index contributed by atoms with van der Waals surface area (Å²) in [5.41, 5.74) is -0.0389. The van der Waals surface area contributed by atoms with Crippen LogP contribution < -0.4 is 10.6 Å². The van der Waals surface area contributed by atoms with Gasteiger partial charge in [0.05, 0.1) is 11.2 Å². The summed E-state index contributed by atoms with van der Waals surface area (Å²) < 4.78 is 5.28. The molecule has 2 aromatic rings. The second kappa shape index (κ2) is 6.74. The fourth-order valence-corrected chi connectivity index (χ4v) is 2.00. The van der Waals surface area contributed by atoms with Crippen LogP contribution in [0.5, 0.6) is 0 Å². The van der Waals surface area contributed by atoms with Crippen LogP contribution in [-0.4, -0.2) is 22.5 Å². The van der Waals surface area contributed by atoms with Crippen molar-refractivity contribution in [2.24, 2.45) is 0 Å². The summed E-state index contributed by atoms with van der Waals surface area (Å²) in [6, 6.07) is 6.69. The van der Waals surface area contributed by atoms with Crippen molar-refractivity contribution < 1.29 is 9.34 Å². The summed E-state index contributed by atoms with van der Waals surface area (Å²) in [5, 5.41) is 17.2. The molecule has 112 valence electrons. The fourth-order valence-electron chi connectivity index (χ4n) is 2.00. The Morgan fingerprint density at radius 3 is 2.86 bits per heavy atom.